The SMILES string of the molecule is CCC(N)C(Sc1cc(C)cc(C)n1)c1ccc(Cl)s1. The zero-order chi connectivity index (χ0) is 14.7. The molecule has 0 radical (unpaired) electrons. The summed E-state index contributed by atoms with van der Waals surface area (Å²) >= 11 is 9.39. The van der Waals surface area contributed by atoms with E-state index in [2.05, 4.69) is 37.0 Å². The third-order valence-corrected chi connectivity index (χ3v) is 5.83. The predicted octanol–water partition coefficient (Wildman–Crippen LogP) is 4.98. The van der Waals surface area contributed by atoms with Gasteiger partial charge in [0, 0.05) is 16.6 Å². The first-order valence-electron chi connectivity index (χ1n) is 6.62. The van der Waals surface area contributed by atoms with Crippen LogP contribution in [0.25, 0.3) is 0 Å². The van der Waals surface area contributed by atoms with Crippen molar-refractivity contribution >= 4 is 34.7 Å². The number of rotatable bonds is 5. The Hall–Kier alpha value is -0.550. The maximum atomic E-state index is 6.30. The molecule has 2 nitrogen and oxygen atoms in total. The van der Waals surface area contributed by atoms with E-state index in [9.17, 15) is 0 Å². The minimum atomic E-state index is 0.0948. The molecule has 108 valence electrons. The summed E-state index contributed by atoms with van der Waals surface area (Å²) in [6.45, 7) is 6.23. The van der Waals surface area contributed by atoms with Gasteiger partial charge in [-0.3, -0.25) is 0 Å². The number of pyridine rings is 1. The van der Waals surface area contributed by atoms with Gasteiger partial charge in [0.15, 0.2) is 0 Å². The molecule has 0 fully saturated rings. The molecule has 2 rings (SSSR count). The molecule has 2 heterocycles. The van der Waals surface area contributed by atoms with Crippen LogP contribution in [0.5, 0.6) is 0 Å². The fourth-order valence-electron chi connectivity index (χ4n) is 2.05. The zero-order valence-electron chi connectivity index (χ0n) is 11.9. The molecular weight excluding hydrogens is 308 g/mol. The van der Waals surface area contributed by atoms with Crippen molar-refractivity contribution in [3.8, 4) is 0 Å². The number of nitrogens with zero attached hydrogens (tertiary/aromatic N) is 1. The quantitative estimate of drug-likeness (QED) is 0.787. The molecule has 0 bridgehead atoms. The average molecular weight is 327 g/mol. The van der Waals surface area contributed by atoms with E-state index in [1.165, 1.54) is 10.4 Å². The van der Waals surface area contributed by atoms with Gasteiger partial charge in [-0.15, -0.1) is 11.3 Å². The third-order valence-electron chi connectivity index (χ3n) is 3.06. The number of thiophene rings is 1. The molecule has 5 heteroatoms. The van der Waals surface area contributed by atoms with Gasteiger partial charge in [0.1, 0.15) is 0 Å². The molecule has 2 atom stereocenters. The molecule has 0 amide bonds. The molecule has 0 saturated heterocycles. The van der Waals surface area contributed by atoms with Crippen LogP contribution < -0.4 is 5.73 Å². The number of nitrogens with two attached hydrogens (primary N) is 1. The molecule has 2 aromatic heterocycles. The zero-order valence-corrected chi connectivity index (χ0v) is 14.3. The second kappa shape index (κ2) is 6.94. The number of halogens is 1. The summed E-state index contributed by atoms with van der Waals surface area (Å²) in [7, 11) is 0. The van der Waals surface area contributed by atoms with E-state index < -0.39 is 0 Å². The van der Waals surface area contributed by atoms with E-state index in [1.54, 1.807) is 23.1 Å². The van der Waals surface area contributed by atoms with E-state index in [1.807, 2.05) is 13.0 Å². The maximum absolute atomic E-state index is 6.30. The van der Waals surface area contributed by atoms with E-state index in [0.29, 0.717) is 0 Å². The van der Waals surface area contributed by atoms with Gasteiger partial charge in [-0.05, 0) is 50.1 Å². The third kappa shape index (κ3) is 3.98. The number of thioether (sulfide) groups is 1. The van der Waals surface area contributed by atoms with Crippen molar-refractivity contribution in [2.45, 2.75) is 43.5 Å². The smallest absolute Gasteiger partial charge is 0.0972 e. The number of hydrogen-bond donors (Lipinski definition) is 1. The van der Waals surface area contributed by atoms with Gasteiger partial charge >= 0.3 is 0 Å². The Morgan fingerprint density at radius 3 is 2.65 bits per heavy atom. The molecule has 20 heavy (non-hydrogen) atoms. The lowest BCUT2D eigenvalue weighted by Crippen LogP contribution is -2.25. The second-order valence-electron chi connectivity index (χ2n) is 4.88. The Kier molecular flexibility index (Phi) is 5.49. The molecule has 2 unspecified atom stereocenters. The molecule has 0 spiro atoms. The maximum Gasteiger partial charge on any atom is 0.0972 e. The highest BCUT2D eigenvalue weighted by Crippen LogP contribution is 2.41. The lowest BCUT2D eigenvalue weighted by molar-refractivity contribution is 0.639. The minimum absolute atomic E-state index is 0.0948. The van der Waals surface area contributed by atoms with Crippen LogP contribution in [0.4, 0.5) is 0 Å². The fraction of sp³-hybridized carbons (Fsp3) is 0.400. The fourth-order valence-corrected chi connectivity index (χ4v) is 4.73. The first-order valence-corrected chi connectivity index (χ1v) is 8.69. The van der Waals surface area contributed by atoms with Gasteiger partial charge in [0.2, 0.25) is 0 Å². The summed E-state index contributed by atoms with van der Waals surface area (Å²) in [4.78, 5) is 5.82. The van der Waals surface area contributed by atoms with Crippen LogP contribution in [-0.4, -0.2) is 11.0 Å². The van der Waals surface area contributed by atoms with E-state index in [0.717, 1.165) is 21.5 Å². The Morgan fingerprint density at radius 2 is 2.10 bits per heavy atom. The summed E-state index contributed by atoms with van der Waals surface area (Å²) in [5.74, 6) is 0. The van der Waals surface area contributed by atoms with Crippen molar-refractivity contribution in [2.24, 2.45) is 5.73 Å². The normalized spacial score (nSPS) is 14.2. The van der Waals surface area contributed by atoms with Crippen LogP contribution >= 0.6 is 34.7 Å². The molecular formula is C15H19ClN2S2. The Bertz CT molecular complexity index is 563. The number of aromatic nitrogens is 1. The summed E-state index contributed by atoms with van der Waals surface area (Å²) in [6, 6.07) is 8.30. The molecule has 0 aliphatic heterocycles. The highest BCUT2D eigenvalue weighted by Gasteiger charge is 2.22. The molecule has 2 N–H and O–H groups in total. The standard InChI is InChI=1S/C15H19ClN2S2/c1-4-11(17)15(12-5-6-13(16)19-12)20-14-8-9(2)7-10(3)18-14/h5-8,11,15H,4,17H2,1-3H3. The molecule has 0 aliphatic rings. The van der Waals surface area contributed by atoms with Crippen LogP contribution in [0.3, 0.4) is 0 Å². The molecule has 0 aliphatic carbocycles. The van der Waals surface area contributed by atoms with Crippen LogP contribution in [-0.2, 0) is 0 Å². The lowest BCUT2D eigenvalue weighted by atomic mass is 10.1. The van der Waals surface area contributed by atoms with Crippen LogP contribution in [0.1, 0.15) is 34.7 Å². The van der Waals surface area contributed by atoms with Crippen LogP contribution in [0, 0.1) is 13.8 Å². The van der Waals surface area contributed by atoms with E-state index in [4.69, 9.17) is 17.3 Å². The van der Waals surface area contributed by atoms with Gasteiger partial charge in [-0.25, -0.2) is 4.98 Å². The Balaban J connectivity index is 2.28. The predicted molar refractivity (Wildman–Crippen MR) is 89.9 cm³/mol. The minimum Gasteiger partial charge on any atom is -0.326 e. The molecule has 0 aromatic carbocycles. The van der Waals surface area contributed by atoms with Crippen LogP contribution in [0.15, 0.2) is 29.3 Å². The number of aryl methyl sites for hydroxylation is 2. The molecule has 2 aromatic rings. The van der Waals surface area contributed by atoms with Crippen LogP contribution in [0.2, 0.25) is 4.34 Å². The first kappa shape index (κ1) is 15.8. The van der Waals surface area contributed by atoms with E-state index in [-0.39, 0.29) is 11.3 Å². The summed E-state index contributed by atoms with van der Waals surface area (Å²) in [5.41, 5.74) is 8.57. The van der Waals surface area contributed by atoms with Gasteiger partial charge in [0.05, 0.1) is 14.6 Å². The van der Waals surface area contributed by atoms with E-state index >= 15 is 0 Å². The Morgan fingerprint density at radius 1 is 1.35 bits per heavy atom. The van der Waals surface area contributed by atoms with Crippen molar-refractivity contribution in [3.63, 3.8) is 0 Å². The van der Waals surface area contributed by atoms with Crippen molar-refractivity contribution in [3.05, 3.63) is 44.7 Å². The Labute approximate surface area is 133 Å². The van der Waals surface area contributed by atoms with Gasteiger partial charge < -0.3 is 5.73 Å². The van der Waals surface area contributed by atoms with Crippen molar-refractivity contribution in [1.29, 1.82) is 0 Å². The largest absolute Gasteiger partial charge is 0.326 e. The second-order valence-corrected chi connectivity index (χ2v) is 7.79. The molecule has 0 saturated carbocycles. The summed E-state index contributed by atoms with van der Waals surface area (Å²) in [6.07, 6.45) is 0.929. The summed E-state index contributed by atoms with van der Waals surface area (Å²) in [5, 5.41) is 1.23. The average Bonchev–Trinajstić information content (AvgIpc) is 2.80. The van der Waals surface area contributed by atoms with Crippen molar-refractivity contribution < 1.29 is 0 Å². The van der Waals surface area contributed by atoms with Gasteiger partial charge in [0.25, 0.3) is 0 Å². The lowest BCUT2D eigenvalue weighted by Gasteiger charge is -2.21. The van der Waals surface area contributed by atoms with Crippen molar-refractivity contribution in [1.82, 2.24) is 4.98 Å². The highest BCUT2D eigenvalue weighted by atomic mass is 35.5. The highest BCUT2D eigenvalue weighted by molar-refractivity contribution is 7.99. The number of hydrogen-bond acceptors (Lipinski definition) is 4. The first-order chi connectivity index (χ1) is 9.49. The topological polar surface area (TPSA) is 38.9 Å². The monoisotopic (exact) mass is 326 g/mol. The summed E-state index contributed by atoms with van der Waals surface area (Å²) < 4.78 is 0.808. The van der Waals surface area contributed by atoms with Gasteiger partial charge in [-0.1, -0.05) is 30.3 Å². The van der Waals surface area contributed by atoms with Crippen molar-refractivity contribution in [2.75, 3.05) is 0 Å². The van der Waals surface area contributed by atoms with Gasteiger partial charge in [-0.2, -0.15) is 0 Å².